The van der Waals surface area contributed by atoms with Crippen molar-refractivity contribution in [1.82, 2.24) is 15.5 Å². The van der Waals surface area contributed by atoms with E-state index in [9.17, 15) is 4.79 Å². The SMILES string of the molecule is CN1CCC[C@H](CNC(=O)NC2CCCCC2)C1. The van der Waals surface area contributed by atoms with Gasteiger partial charge in [-0.05, 0) is 45.2 Å². The second-order valence-electron chi connectivity index (χ2n) is 5.96. The molecule has 0 aromatic heterocycles. The zero-order chi connectivity index (χ0) is 12.8. The number of nitrogens with zero attached hydrogens (tertiary/aromatic N) is 1. The van der Waals surface area contributed by atoms with Crippen LogP contribution in [0.4, 0.5) is 4.79 Å². The maximum Gasteiger partial charge on any atom is 0.315 e. The molecule has 4 heteroatoms. The second-order valence-corrected chi connectivity index (χ2v) is 5.96. The van der Waals surface area contributed by atoms with Crippen LogP contribution in [0.25, 0.3) is 0 Å². The fourth-order valence-corrected chi connectivity index (χ4v) is 3.16. The van der Waals surface area contributed by atoms with Crippen molar-refractivity contribution in [3.05, 3.63) is 0 Å². The Hall–Kier alpha value is -0.770. The van der Waals surface area contributed by atoms with Crippen LogP contribution in [0.3, 0.4) is 0 Å². The molecule has 0 aromatic rings. The molecule has 0 bridgehead atoms. The molecule has 0 aromatic carbocycles. The van der Waals surface area contributed by atoms with Gasteiger partial charge in [0.2, 0.25) is 0 Å². The van der Waals surface area contributed by atoms with Crippen molar-refractivity contribution in [2.75, 3.05) is 26.7 Å². The molecule has 4 nitrogen and oxygen atoms in total. The van der Waals surface area contributed by atoms with Crippen LogP contribution < -0.4 is 10.6 Å². The molecule has 0 spiro atoms. The maximum absolute atomic E-state index is 11.8. The molecule has 0 unspecified atom stereocenters. The van der Waals surface area contributed by atoms with E-state index in [2.05, 4.69) is 22.6 Å². The minimum absolute atomic E-state index is 0.0372. The van der Waals surface area contributed by atoms with Gasteiger partial charge in [-0.2, -0.15) is 0 Å². The molecule has 2 N–H and O–H groups in total. The predicted molar refractivity (Wildman–Crippen MR) is 73.6 cm³/mol. The molecule has 2 amide bonds. The summed E-state index contributed by atoms with van der Waals surface area (Å²) in [5.74, 6) is 0.626. The molecule has 2 aliphatic rings. The smallest absolute Gasteiger partial charge is 0.315 e. The summed E-state index contributed by atoms with van der Waals surface area (Å²) in [6.07, 6.45) is 8.66. The van der Waals surface area contributed by atoms with E-state index in [-0.39, 0.29) is 6.03 Å². The molecule has 2 rings (SSSR count). The molecule has 1 aliphatic carbocycles. The van der Waals surface area contributed by atoms with E-state index in [1.165, 1.54) is 38.6 Å². The van der Waals surface area contributed by atoms with Gasteiger partial charge < -0.3 is 15.5 Å². The fourth-order valence-electron chi connectivity index (χ4n) is 3.16. The first kappa shape index (κ1) is 13.7. The number of carbonyl (C=O) groups is 1. The number of amides is 2. The van der Waals surface area contributed by atoms with Crippen molar-refractivity contribution >= 4 is 6.03 Å². The van der Waals surface area contributed by atoms with E-state index in [0.29, 0.717) is 12.0 Å². The van der Waals surface area contributed by atoms with Crippen molar-refractivity contribution in [3.63, 3.8) is 0 Å². The molecule has 1 saturated carbocycles. The summed E-state index contributed by atoms with van der Waals surface area (Å²) in [7, 11) is 2.16. The minimum Gasteiger partial charge on any atom is -0.338 e. The van der Waals surface area contributed by atoms with E-state index in [4.69, 9.17) is 0 Å². The summed E-state index contributed by atoms with van der Waals surface area (Å²) in [5, 5.41) is 6.15. The first-order chi connectivity index (χ1) is 8.74. The average molecular weight is 253 g/mol. The number of urea groups is 1. The van der Waals surface area contributed by atoms with E-state index in [0.717, 1.165) is 25.9 Å². The van der Waals surface area contributed by atoms with Gasteiger partial charge in [-0.1, -0.05) is 19.3 Å². The third-order valence-corrected chi connectivity index (χ3v) is 4.21. The lowest BCUT2D eigenvalue weighted by Gasteiger charge is -2.30. The highest BCUT2D eigenvalue weighted by Crippen LogP contribution is 2.17. The van der Waals surface area contributed by atoms with Crippen molar-refractivity contribution < 1.29 is 4.79 Å². The standard InChI is InChI=1S/C14H27N3O/c1-17-9-5-6-12(11-17)10-15-14(18)16-13-7-3-2-4-8-13/h12-13H,2-11H2,1H3,(H2,15,16,18)/t12-/m1/s1. The highest BCUT2D eigenvalue weighted by Gasteiger charge is 2.19. The van der Waals surface area contributed by atoms with Crippen molar-refractivity contribution in [3.8, 4) is 0 Å². The molecule has 18 heavy (non-hydrogen) atoms. The monoisotopic (exact) mass is 253 g/mol. The maximum atomic E-state index is 11.8. The summed E-state index contributed by atoms with van der Waals surface area (Å²) in [6.45, 7) is 3.14. The molecule has 1 aliphatic heterocycles. The Bertz CT molecular complexity index is 264. The highest BCUT2D eigenvalue weighted by atomic mass is 16.2. The van der Waals surface area contributed by atoms with Crippen molar-refractivity contribution in [2.24, 2.45) is 5.92 Å². The molecule has 1 heterocycles. The van der Waals surface area contributed by atoms with Gasteiger partial charge >= 0.3 is 6.03 Å². The van der Waals surface area contributed by atoms with Gasteiger partial charge in [0.1, 0.15) is 0 Å². The van der Waals surface area contributed by atoms with Gasteiger partial charge in [0.25, 0.3) is 0 Å². The second kappa shape index (κ2) is 6.98. The van der Waals surface area contributed by atoms with Crippen LogP contribution >= 0.6 is 0 Å². The van der Waals surface area contributed by atoms with Crippen LogP contribution in [0.5, 0.6) is 0 Å². The van der Waals surface area contributed by atoms with Gasteiger partial charge in [0.05, 0.1) is 0 Å². The Labute approximate surface area is 110 Å². The quantitative estimate of drug-likeness (QED) is 0.807. The zero-order valence-corrected chi connectivity index (χ0v) is 11.6. The lowest BCUT2D eigenvalue weighted by Crippen LogP contribution is -2.46. The van der Waals surface area contributed by atoms with Gasteiger partial charge in [-0.25, -0.2) is 4.79 Å². The number of hydrogen-bond donors (Lipinski definition) is 2. The third-order valence-electron chi connectivity index (χ3n) is 4.21. The Morgan fingerprint density at radius 1 is 1.17 bits per heavy atom. The Kier molecular flexibility index (Phi) is 5.29. The normalized spacial score (nSPS) is 26.8. The van der Waals surface area contributed by atoms with E-state index in [1.54, 1.807) is 0 Å². The summed E-state index contributed by atoms with van der Waals surface area (Å²) < 4.78 is 0. The van der Waals surface area contributed by atoms with Crippen LogP contribution in [0.15, 0.2) is 0 Å². The summed E-state index contributed by atoms with van der Waals surface area (Å²) in [6, 6.07) is 0.447. The summed E-state index contributed by atoms with van der Waals surface area (Å²) in [5.41, 5.74) is 0. The van der Waals surface area contributed by atoms with Crippen LogP contribution in [0.2, 0.25) is 0 Å². The predicted octanol–water partition coefficient (Wildman–Crippen LogP) is 1.96. The van der Waals surface area contributed by atoms with Crippen LogP contribution in [-0.4, -0.2) is 43.7 Å². The summed E-state index contributed by atoms with van der Waals surface area (Å²) >= 11 is 0. The average Bonchev–Trinajstić information content (AvgIpc) is 2.38. The first-order valence-electron chi connectivity index (χ1n) is 7.47. The lowest BCUT2D eigenvalue weighted by molar-refractivity contribution is 0.200. The number of rotatable bonds is 3. The Balaban J connectivity index is 1.61. The van der Waals surface area contributed by atoms with Crippen LogP contribution in [0, 0.1) is 5.92 Å². The summed E-state index contributed by atoms with van der Waals surface area (Å²) in [4.78, 5) is 14.2. The first-order valence-corrected chi connectivity index (χ1v) is 7.47. The van der Waals surface area contributed by atoms with Gasteiger partial charge in [-0.15, -0.1) is 0 Å². The number of hydrogen-bond acceptors (Lipinski definition) is 2. The number of carbonyl (C=O) groups excluding carboxylic acids is 1. The molecular weight excluding hydrogens is 226 g/mol. The molecule has 104 valence electrons. The highest BCUT2D eigenvalue weighted by molar-refractivity contribution is 5.74. The molecule has 2 fully saturated rings. The Morgan fingerprint density at radius 2 is 1.94 bits per heavy atom. The minimum atomic E-state index is 0.0372. The molecule has 1 saturated heterocycles. The van der Waals surface area contributed by atoms with Crippen LogP contribution in [0.1, 0.15) is 44.9 Å². The van der Waals surface area contributed by atoms with Gasteiger partial charge in [0.15, 0.2) is 0 Å². The van der Waals surface area contributed by atoms with Gasteiger partial charge in [0, 0.05) is 19.1 Å². The zero-order valence-electron chi connectivity index (χ0n) is 11.6. The molecule has 1 atom stereocenters. The van der Waals surface area contributed by atoms with Crippen molar-refractivity contribution in [1.29, 1.82) is 0 Å². The fraction of sp³-hybridized carbons (Fsp3) is 0.929. The van der Waals surface area contributed by atoms with E-state index >= 15 is 0 Å². The number of likely N-dealkylation sites (tertiary alicyclic amines) is 1. The van der Waals surface area contributed by atoms with Crippen LogP contribution in [-0.2, 0) is 0 Å². The lowest BCUT2D eigenvalue weighted by atomic mass is 9.96. The largest absolute Gasteiger partial charge is 0.338 e. The third kappa shape index (κ3) is 4.48. The van der Waals surface area contributed by atoms with Crippen molar-refractivity contribution in [2.45, 2.75) is 51.0 Å². The topological polar surface area (TPSA) is 44.4 Å². The number of piperidine rings is 1. The molecule has 0 radical (unpaired) electrons. The number of nitrogens with one attached hydrogen (secondary N) is 2. The van der Waals surface area contributed by atoms with Gasteiger partial charge in [-0.3, -0.25) is 0 Å². The van der Waals surface area contributed by atoms with E-state index in [1.807, 2.05) is 0 Å². The molecular formula is C14H27N3O. The van der Waals surface area contributed by atoms with E-state index < -0.39 is 0 Å². The Morgan fingerprint density at radius 3 is 2.67 bits per heavy atom.